The molecule has 2 heterocycles. The first-order chi connectivity index (χ1) is 8.24. The van der Waals surface area contributed by atoms with Gasteiger partial charge in [-0.1, -0.05) is 0 Å². The number of aromatic amines is 2. The Kier molecular flexibility index (Phi) is 3.10. The number of carbonyl (C=O) groups is 1. The lowest BCUT2D eigenvalue weighted by molar-refractivity contribution is -0.112. The van der Waals surface area contributed by atoms with Crippen LogP contribution in [0.4, 0.5) is 11.9 Å². The summed E-state index contributed by atoms with van der Waals surface area (Å²) < 4.78 is 0. The van der Waals surface area contributed by atoms with Gasteiger partial charge in [-0.05, 0) is 6.92 Å². The zero-order valence-corrected chi connectivity index (χ0v) is 8.93. The van der Waals surface area contributed by atoms with E-state index in [-0.39, 0.29) is 5.91 Å². The van der Waals surface area contributed by atoms with Gasteiger partial charge in [0.05, 0.1) is 0 Å². The smallest absolute Gasteiger partial charge is 0.252 e. The Bertz CT molecular complexity index is 500. The number of H-pyrrole nitrogens is 2. The molecular weight excluding hydrogens is 224 g/mol. The first-order valence-corrected chi connectivity index (χ1v) is 4.71. The molecule has 0 aliphatic rings. The molecule has 0 atom stereocenters. The van der Waals surface area contributed by atoms with Gasteiger partial charge in [-0.3, -0.25) is 10.1 Å². The third-order valence-corrected chi connectivity index (χ3v) is 1.73. The van der Waals surface area contributed by atoms with Crippen LogP contribution in [0.2, 0.25) is 0 Å². The van der Waals surface area contributed by atoms with Crippen molar-refractivity contribution in [1.82, 2.24) is 30.4 Å². The number of rotatable bonds is 4. The SMILES string of the molecule is C/C(=C\C(=O)Nc1ncn[nH]1)Nc1ncn[nH]1. The zero-order valence-electron chi connectivity index (χ0n) is 8.93. The first kappa shape index (κ1) is 10.8. The van der Waals surface area contributed by atoms with Crippen LogP contribution >= 0.6 is 0 Å². The van der Waals surface area contributed by atoms with Crippen LogP contribution < -0.4 is 10.6 Å². The third-order valence-electron chi connectivity index (χ3n) is 1.73. The van der Waals surface area contributed by atoms with Crippen LogP contribution in [0.3, 0.4) is 0 Å². The number of aromatic nitrogens is 6. The Morgan fingerprint density at radius 1 is 1.18 bits per heavy atom. The van der Waals surface area contributed by atoms with E-state index in [1.165, 1.54) is 18.7 Å². The van der Waals surface area contributed by atoms with Crippen molar-refractivity contribution in [2.75, 3.05) is 10.6 Å². The highest BCUT2D eigenvalue weighted by Gasteiger charge is 2.02. The van der Waals surface area contributed by atoms with E-state index < -0.39 is 0 Å². The summed E-state index contributed by atoms with van der Waals surface area (Å²) in [7, 11) is 0. The Morgan fingerprint density at radius 2 is 1.76 bits per heavy atom. The summed E-state index contributed by atoms with van der Waals surface area (Å²) in [4.78, 5) is 19.1. The number of nitrogens with zero attached hydrogens (tertiary/aromatic N) is 4. The van der Waals surface area contributed by atoms with Crippen molar-refractivity contribution in [3.8, 4) is 0 Å². The molecule has 1 amide bonds. The number of amides is 1. The van der Waals surface area contributed by atoms with E-state index in [9.17, 15) is 4.79 Å². The van der Waals surface area contributed by atoms with Gasteiger partial charge in [0.1, 0.15) is 12.7 Å². The Balaban J connectivity index is 1.92. The summed E-state index contributed by atoms with van der Waals surface area (Å²) in [5.74, 6) is 0.427. The molecule has 2 aromatic heterocycles. The molecule has 0 fully saturated rings. The number of anilines is 2. The van der Waals surface area contributed by atoms with Gasteiger partial charge in [0, 0.05) is 11.8 Å². The average molecular weight is 234 g/mol. The predicted octanol–water partition coefficient (Wildman–Crippen LogP) is -0.123. The Labute approximate surface area is 95.8 Å². The molecule has 0 aliphatic heterocycles. The molecule has 2 rings (SSSR count). The number of hydrogen-bond acceptors (Lipinski definition) is 6. The minimum atomic E-state index is -0.328. The second-order valence-electron chi connectivity index (χ2n) is 3.11. The summed E-state index contributed by atoms with van der Waals surface area (Å²) in [6.45, 7) is 1.72. The maximum Gasteiger partial charge on any atom is 0.252 e. The fourth-order valence-corrected chi connectivity index (χ4v) is 1.10. The second-order valence-corrected chi connectivity index (χ2v) is 3.11. The molecule has 0 aliphatic carbocycles. The van der Waals surface area contributed by atoms with Crippen molar-refractivity contribution >= 4 is 17.8 Å². The van der Waals surface area contributed by atoms with E-state index in [0.717, 1.165) is 0 Å². The van der Waals surface area contributed by atoms with Crippen molar-refractivity contribution in [3.63, 3.8) is 0 Å². The quantitative estimate of drug-likeness (QED) is 0.546. The van der Waals surface area contributed by atoms with Crippen LogP contribution in [-0.2, 0) is 4.79 Å². The van der Waals surface area contributed by atoms with Gasteiger partial charge in [0.15, 0.2) is 0 Å². The number of hydrogen-bond donors (Lipinski definition) is 4. The average Bonchev–Trinajstić information content (AvgIpc) is 2.90. The molecule has 2 aromatic rings. The molecule has 9 heteroatoms. The molecule has 0 radical (unpaired) electrons. The molecule has 88 valence electrons. The van der Waals surface area contributed by atoms with Gasteiger partial charge in [-0.2, -0.15) is 20.2 Å². The zero-order chi connectivity index (χ0) is 12.1. The lowest BCUT2D eigenvalue weighted by Gasteiger charge is -2.01. The summed E-state index contributed by atoms with van der Waals surface area (Å²) in [6.07, 6.45) is 4.04. The topological polar surface area (TPSA) is 124 Å². The van der Waals surface area contributed by atoms with E-state index in [4.69, 9.17) is 0 Å². The van der Waals surface area contributed by atoms with Crippen molar-refractivity contribution in [3.05, 3.63) is 24.4 Å². The maximum atomic E-state index is 11.5. The van der Waals surface area contributed by atoms with E-state index in [1.807, 2.05) is 0 Å². The van der Waals surface area contributed by atoms with E-state index in [1.54, 1.807) is 6.92 Å². The van der Waals surface area contributed by atoms with Gasteiger partial charge in [-0.15, -0.1) is 0 Å². The lowest BCUT2D eigenvalue weighted by Crippen LogP contribution is -2.11. The van der Waals surface area contributed by atoms with Crippen LogP contribution in [0, 0.1) is 0 Å². The molecule has 0 bridgehead atoms. The highest BCUT2D eigenvalue weighted by molar-refractivity contribution is 5.98. The first-order valence-electron chi connectivity index (χ1n) is 4.71. The molecule has 0 aromatic carbocycles. The van der Waals surface area contributed by atoms with Gasteiger partial charge in [0.2, 0.25) is 11.9 Å². The van der Waals surface area contributed by atoms with Gasteiger partial charge in [-0.25, -0.2) is 10.2 Å². The minimum Gasteiger partial charge on any atom is -0.328 e. The molecule has 9 nitrogen and oxygen atoms in total. The second kappa shape index (κ2) is 4.88. The van der Waals surface area contributed by atoms with E-state index in [0.29, 0.717) is 17.6 Å². The van der Waals surface area contributed by atoms with Crippen LogP contribution in [0.5, 0.6) is 0 Å². The lowest BCUT2D eigenvalue weighted by atomic mass is 10.4. The predicted molar refractivity (Wildman–Crippen MR) is 58.8 cm³/mol. The van der Waals surface area contributed by atoms with Crippen LogP contribution in [0.15, 0.2) is 24.4 Å². The van der Waals surface area contributed by atoms with E-state index >= 15 is 0 Å². The monoisotopic (exact) mass is 234 g/mol. The largest absolute Gasteiger partial charge is 0.328 e. The highest BCUT2D eigenvalue weighted by Crippen LogP contribution is 2.00. The maximum absolute atomic E-state index is 11.5. The van der Waals surface area contributed by atoms with Gasteiger partial charge < -0.3 is 5.32 Å². The summed E-state index contributed by atoms with van der Waals surface area (Å²) in [6, 6.07) is 0. The molecule has 0 unspecified atom stereocenters. The van der Waals surface area contributed by atoms with Crippen LogP contribution in [-0.4, -0.2) is 36.3 Å². The summed E-state index contributed by atoms with van der Waals surface area (Å²) in [5.41, 5.74) is 0.610. The van der Waals surface area contributed by atoms with Gasteiger partial charge >= 0.3 is 0 Å². The molecule has 0 spiro atoms. The van der Waals surface area contributed by atoms with Crippen molar-refractivity contribution in [2.24, 2.45) is 0 Å². The molecule has 17 heavy (non-hydrogen) atoms. The summed E-state index contributed by atoms with van der Waals surface area (Å²) >= 11 is 0. The van der Waals surface area contributed by atoms with Crippen LogP contribution in [0.1, 0.15) is 6.92 Å². The number of nitrogens with one attached hydrogen (secondary N) is 4. The third kappa shape index (κ3) is 3.12. The number of allylic oxidation sites excluding steroid dienone is 1. The van der Waals surface area contributed by atoms with Crippen molar-refractivity contribution < 1.29 is 4.79 Å². The Morgan fingerprint density at radius 3 is 2.29 bits per heavy atom. The normalized spacial score (nSPS) is 11.2. The fourth-order valence-electron chi connectivity index (χ4n) is 1.10. The standard InChI is InChI=1S/C8H10N8O/c1-5(13-7-9-3-11-15-7)2-6(17)14-8-10-4-12-16-8/h2-4H,1H3,(H2,9,11,13,15)(H2,10,12,14,16,17)/b5-2+. The van der Waals surface area contributed by atoms with E-state index in [2.05, 4.69) is 41.0 Å². The Hall–Kier alpha value is -2.71. The fraction of sp³-hybridized carbons (Fsp3) is 0.125. The molecular formula is C8H10N8O. The molecule has 4 N–H and O–H groups in total. The molecule has 0 saturated heterocycles. The highest BCUT2D eigenvalue weighted by atomic mass is 16.1. The van der Waals surface area contributed by atoms with Crippen molar-refractivity contribution in [1.29, 1.82) is 0 Å². The van der Waals surface area contributed by atoms with Gasteiger partial charge in [0.25, 0.3) is 5.91 Å². The summed E-state index contributed by atoms with van der Waals surface area (Å²) in [5, 5.41) is 17.8. The minimum absolute atomic E-state index is 0.290. The number of carbonyl (C=O) groups excluding carboxylic acids is 1. The van der Waals surface area contributed by atoms with Crippen molar-refractivity contribution in [2.45, 2.75) is 6.92 Å². The van der Waals surface area contributed by atoms with Crippen LogP contribution in [0.25, 0.3) is 0 Å². The molecule has 0 saturated carbocycles.